The molecule has 1 fully saturated rings. The molecular formula is C14H25N3. The van der Waals surface area contributed by atoms with E-state index in [-0.39, 0.29) is 0 Å². The van der Waals surface area contributed by atoms with Gasteiger partial charge in [0.15, 0.2) is 0 Å². The average Bonchev–Trinajstić information content (AvgIpc) is 2.75. The standard InChI is InChI=1S/C14H25N3/c1-11(2)9-14(6-5-7-15-14)10-13-8-12(3)16-17(13)4/h8,11,15H,5-7,9-10H2,1-4H3. The van der Waals surface area contributed by atoms with Crippen LogP contribution in [-0.2, 0) is 13.5 Å². The SMILES string of the molecule is Cc1cc(CC2(CC(C)C)CCCN2)n(C)n1. The molecule has 1 aromatic rings. The molecule has 1 atom stereocenters. The first-order chi connectivity index (χ1) is 8.01. The Morgan fingerprint density at radius 1 is 1.53 bits per heavy atom. The summed E-state index contributed by atoms with van der Waals surface area (Å²) in [6, 6.07) is 2.22. The number of nitrogens with one attached hydrogen (secondary N) is 1. The zero-order valence-corrected chi connectivity index (χ0v) is 11.6. The lowest BCUT2D eigenvalue weighted by Crippen LogP contribution is -2.43. The smallest absolute Gasteiger partial charge is 0.0596 e. The Kier molecular flexibility index (Phi) is 3.57. The van der Waals surface area contributed by atoms with Gasteiger partial charge in [-0.25, -0.2) is 0 Å². The molecule has 96 valence electrons. The third-order valence-electron chi connectivity index (χ3n) is 3.75. The van der Waals surface area contributed by atoms with Crippen LogP contribution in [0.1, 0.15) is 44.5 Å². The summed E-state index contributed by atoms with van der Waals surface area (Å²) in [7, 11) is 2.06. The quantitative estimate of drug-likeness (QED) is 0.868. The number of hydrogen-bond donors (Lipinski definition) is 1. The lowest BCUT2D eigenvalue weighted by molar-refractivity contribution is 0.296. The molecule has 2 rings (SSSR count). The molecular weight excluding hydrogens is 210 g/mol. The molecule has 3 nitrogen and oxygen atoms in total. The maximum absolute atomic E-state index is 4.45. The molecule has 1 unspecified atom stereocenters. The van der Waals surface area contributed by atoms with E-state index in [9.17, 15) is 0 Å². The highest BCUT2D eigenvalue weighted by Crippen LogP contribution is 2.30. The number of hydrogen-bond acceptors (Lipinski definition) is 2. The summed E-state index contributed by atoms with van der Waals surface area (Å²) in [5.74, 6) is 0.745. The fourth-order valence-corrected chi connectivity index (χ4v) is 3.22. The minimum absolute atomic E-state index is 0.314. The van der Waals surface area contributed by atoms with Gasteiger partial charge < -0.3 is 5.32 Å². The summed E-state index contributed by atoms with van der Waals surface area (Å²) < 4.78 is 2.04. The van der Waals surface area contributed by atoms with Gasteiger partial charge in [0.25, 0.3) is 0 Å². The fraction of sp³-hybridized carbons (Fsp3) is 0.786. The second-order valence-electron chi connectivity index (χ2n) is 5.99. The number of rotatable bonds is 4. The van der Waals surface area contributed by atoms with Crippen LogP contribution in [-0.4, -0.2) is 21.9 Å². The van der Waals surface area contributed by atoms with Gasteiger partial charge in [0.05, 0.1) is 5.69 Å². The minimum Gasteiger partial charge on any atom is -0.311 e. The second kappa shape index (κ2) is 4.81. The van der Waals surface area contributed by atoms with Gasteiger partial charge in [0.2, 0.25) is 0 Å². The van der Waals surface area contributed by atoms with Crippen molar-refractivity contribution >= 4 is 0 Å². The van der Waals surface area contributed by atoms with E-state index in [1.165, 1.54) is 31.5 Å². The Balaban J connectivity index is 2.15. The molecule has 2 heterocycles. The van der Waals surface area contributed by atoms with E-state index < -0.39 is 0 Å². The molecule has 0 amide bonds. The third-order valence-corrected chi connectivity index (χ3v) is 3.75. The van der Waals surface area contributed by atoms with E-state index in [4.69, 9.17) is 0 Å². The molecule has 1 aromatic heterocycles. The van der Waals surface area contributed by atoms with Gasteiger partial charge in [-0.15, -0.1) is 0 Å². The summed E-state index contributed by atoms with van der Waals surface area (Å²) in [4.78, 5) is 0. The highest BCUT2D eigenvalue weighted by molar-refractivity contribution is 5.14. The fourth-order valence-electron chi connectivity index (χ4n) is 3.22. The maximum Gasteiger partial charge on any atom is 0.0596 e. The monoisotopic (exact) mass is 235 g/mol. The van der Waals surface area contributed by atoms with Crippen LogP contribution < -0.4 is 5.32 Å². The summed E-state index contributed by atoms with van der Waals surface area (Å²) in [5, 5.41) is 8.20. The first-order valence-electron chi connectivity index (χ1n) is 6.75. The van der Waals surface area contributed by atoms with Crippen molar-refractivity contribution in [2.75, 3.05) is 6.54 Å². The van der Waals surface area contributed by atoms with Crippen LogP contribution in [0.4, 0.5) is 0 Å². The highest BCUT2D eigenvalue weighted by Gasteiger charge is 2.34. The Morgan fingerprint density at radius 3 is 2.76 bits per heavy atom. The van der Waals surface area contributed by atoms with Crippen molar-refractivity contribution in [3.05, 3.63) is 17.5 Å². The maximum atomic E-state index is 4.45. The Labute approximate surface area is 105 Å². The normalized spacial score (nSPS) is 24.8. The topological polar surface area (TPSA) is 29.9 Å². The van der Waals surface area contributed by atoms with E-state index in [0.717, 1.165) is 18.0 Å². The van der Waals surface area contributed by atoms with Crippen LogP contribution in [0.2, 0.25) is 0 Å². The van der Waals surface area contributed by atoms with E-state index in [0.29, 0.717) is 5.54 Å². The van der Waals surface area contributed by atoms with Crippen molar-refractivity contribution in [2.45, 2.75) is 52.0 Å². The highest BCUT2D eigenvalue weighted by atomic mass is 15.3. The summed E-state index contributed by atoms with van der Waals surface area (Å²) in [6.45, 7) is 7.87. The molecule has 1 aliphatic heterocycles. The summed E-state index contributed by atoms with van der Waals surface area (Å²) in [5.41, 5.74) is 2.80. The Hall–Kier alpha value is -0.830. The first kappa shape index (κ1) is 12.6. The van der Waals surface area contributed by atoms with E-state index in [2.05, 4.69) is 44.3 Å². The van der Waals surface area contributed by atoms with E-state index >= 15 is 0 Å². The summed E-state index contributed by atoms with van der Waals surface area (Å²) >= 11 is 0. The zero-order chi connectivity index (χ0) is 12.5. The molecule has 0 saturated carbocycles. The van der Waals surface area contributed by atoms with Gasteiger partial charge in [0, 0.05) is 24.7 Å². The van der Waals surface area contributed by atoms with Crippen molar-refractivity contribution in [3.63, 3.8) is 0 Å². The zero-order valence-electron chi connectivity index (χ0n) is 11.6. The van der Waals surface area contributed by atoms with Crippen LogP contribution >= 0.6 is 0 Å². The van der Waals surface area contributed by atoms with Crippen LogP contribution in [0.25, 0.3) is 0 Å². The van der Waals surface area contributed by atoms with Gasteiger partial charge in [0.1, 0.15) is 0 Å². The lowest BCUT2D eigenvalue weighted by Gasteiger charge is -2.31. The number of nitrogens with zero attached hydrogens (tertiary/aromatic N) is 2. The number of aromatic nitrogens is 2. The van der Waals surface area contributed by atoms with Gasteiger partial charge in [-0.1, -0.05) is 13.8 Å². The Morgan fingerprint density at radius 2 is 2.29 bits per heavy atom. The van der Waals surface area contributed by atoms with E-state index in [1.807, 2.05) is 4.68 Å². The van der Waals surface area contributed by atoms with Crippen LogP contribution in [0.15, 0.2) is 6.07 Å². The van der Waals surface area contributed by atoms with Crippen molar-refractivity contribution < 1.29 is 0 Å². The van der Waals surface area contributed by atoms with E-state index in [1.54, 1.807) is 0 Å². The van der Waals surface area contributed by atoms with Gasteiger partial charge >= 0.3 is 0 Å². The molecule has 0 bridgehead atoms. The van der Waals surface area contributed by atoms with Gasteiger partial charge in [-0.2, -0.15) is 5.10 Å². The predicted molar refractivity (Wildman–Crippen MR) is 71.1 cm³/mol. The predicted octanol–water partition coefficient (Wildman–Crippen LogP) is 2.44. The van der Waals surface area contributed by atoms with Crippen molar-refractivity contribution in [2.24, 2.45) is 13.0 Å². The largest absolute Gasteiger partial charge is 0.311 e. The number of aryl methyl sites for hydroxylation is 2. The molecule has 0 aromatic carbocycles. The van der Waals surface area contributed by atoms with Crippen molar-refractivity contribution in [1.29, 1.82) is 0 Å². The molecule has 1 aliphatic rings. The van der Waals surface area contributed by atoms with Crippen LogP contribution in [0.5, 0.6) is 0 Å². The summed E-state index contributed by atoms with van der Waals surface area (Å²) in [6.07, 6.45) is 4.98. The van der Waals surface area contributed by atoms with Gasteiger partial charge in [-0.3, -0.25) is 4.68 Å². The second-order valence-corrected chi connectivity index (χ2v) is 5.99. The molecule has 3 heteroatoms. The molecule has 0 spiro atoms. The van der Waals surface area contributed by atoms with Crippen LogP contribution in [0, 0.1) is 12.8 Å². The van der Waals surface area contributed by atoms with Crippen molar-refractivity contribution in [1.82, 2.24) is 15.1 Å². The molecule has 0 radical (unpaired) electrons. The van der Waals surface area contributed by atoms with Gasteiger partial charge in [-0.05, 0) is 44.7 Å². The lowest BCUT2D eigenvalue weighted by atomic mass is 9.83. The average molecular weight is 235 g/mol. The van der Waals surface area contributed by atoms with Crippen molar-refractivity contribution in [3.8, 4) is 0 Å². The first-order valence-corrected chi connectivity index (χ1v) is 6.75. The third kappa shape index (κ3) is 2.89. The molecule has 0 aliphatic carbocycles. The molecule has 1 saturated heterocycles. The Bertz CT molecular complexity index is 373. The van der Waals surface area contributed by atoms with Crippen LogP contribution in [0.3, 0.4) is 0 Å². The molecule has 17 heavy (non-hydrogen) atoms. The minimum atomic E-state index is 0.314. The molecule has 1 N–H and O–H groups in total.